The molecule has 1 aliphatic carbocycles. The minimum absolute atomic E-state index is 0.113. The molecule has 1 aromatic rings. The van der Waals surface area contributed by atoms with Gasteiger partial charge in [0.05, 0.1) is 0 Å². The lowest BCUT2D eigenvalue weighted by Crippen LogP contribution is -2.42. The van der Waals surface area contributed by atoms with Crippen LogP contribution in [0.2, 0.25) is 0 Å². The molecular formula is C19H28N4O3. The van der Waals surface area contributed by atoms with Crippen LogP contribution in [0.4, 0.5) is 10.5 Å². The standard InChI is InChI=1S/C19H28N4O3/c1-2-23(19(26)21-13-14-5-3-4-6-14)12-11-17(24)22-16-9-7-15(8-10-16)18(20)25/h7-10,14H,2-6,11-13H2,1H3,(H2,20,25)(H,21,26)(H,22,24). The topological polar surface area (TPSA) is 105 Å². The van der Waals surface area contributed by atoms with Crippen molar-refractivity contribution >= 4 is 23.5 Å². The number of hydrogen-bond acceptors (Lipinski definition) is 3. The van der Waals surface area contributed by atoms with Crippen molar-refractivity contribution < 1.29 is 14.4 Å². The SMILES string of the molecule is CCN(CCC(=O)Nc1ccc(C(N)=O)cc1)C(=O)NCC1CCCC1. The summed E-state index contributed by atoms with van der Waals surface area (Å²) in [4.78, 5) is 37.0. The zero-order valence-corrected chi connectivity index (χ0v) is 15.3. The van der Waals surface area contributed by atoms with Crippen molar-refractivity contribution in [2.24, 2.45) is 11.7 Å². The van der Waals surface area contributed by atoms with Crippen LogP contribution in [0.5, 0.6) is 0 Å². The molecule has 4 N–H and O–H groups in total. The van der Waals surface area contributed by atoms with Gasteiger partial charge in [0.25, 0.3) is 0 Å². The molecule has 0 saturated heterocycles. The first-order valence-electron chi connectivity index (χ1n) is 9.22. The smallest absolute Gasteiger partial charge is 0.317 e. The number of primary amides is 1. The summed E-state index contributed by atoms with van der Waals surface area (Å²) < 4.78 is 0. The Morgan fingerprint density at radius 3 is 2.38 bits per heavy atom. The van der Waals surface area contributed by atoms with E-state index in [4.69, 9.17) is 5.73 Å². The molecule has 1 saturated carbocycles. The van der Waals surface area contributed by atoms with Crippen LogP contribution in [0.1, 0.15) is 49.4 Å². The lowest BCUT2D eigenvalue weighted by atomic mass is 10.1. The highest BCUT2D eigenvalue weighted by molar-refractivity contribution is 5.94. The molecule has 7 heteroatoms. The largest absolute Gasteiger partial charge is 0.366 e. The third kappa shape index (κ3) is 6.06. The summed E-state index contributed by atoms with van der Waals surface area (Å²) in [6.45, 7) is 3.53. The molecule has 0 radical (unpaired) electrons. The highest BCUT2D eigenvalue weighted by Gasteiger charge is 2.18. The normalized spacial score (nSPS) is 14.0. The van der Waals surface area contributed by atoms with Crippen LogP contribution in [0.3, 0.4) is 0 Å². The Morgan fingerprint density at radius 1 is 1.15 bits per heavy atom. The molecule has 1 fully saturated rings. The summed E-state index contributed by atoms with van der Waals surface area (Å²) >= 11 is 0. The van der Waals surface area contributed by atoms with Gasteiger partial charge >= 0.3 is 6.03 Å². The minimum Gasteiger partial charge on any atom is -0.366 e. The summed E-state index contributed by atoms with van der Waals surface area (Å²) in [7, 11) is 0. The van der Waals surface area contributed by atoms with Gasteiger partial charge in [-0.3, -0.25) is 9.59 Å². The summed E-state index contributed by atoms with van der Waals surface area (Å²) in [5, 5.41) is 5.73. The number of nitrogens with zero attached hydrogens (tertiary/aromatic N) is 1. The van der Waals surface area contributed by atoms with Crippen molar-refractivity contribution in [1.82, 2.24) is 10.2 Å². The zero-order chi connectivity index (χ0) is 18.9. The lowest BCUT2D eigenvalue weighted by Gasteiger charge is -2.22. The Morgan fingerprint density at radius 2 is 1.81 bits per heavy atom. The number of hydrogen-bond donors (Lipinski definition) is 3. The van der Waals surface area contributed by atoms with Crippen molar-refractivity contribution in [2.45, 2.75) is 39.0 Å². The number of carbonyl (C=O) groups is 3. The quantitative estimate of drug-likeness (QED) is 0.662. The van der Waals surface area contributed by atoms with Gasteiger partial charge < -0.3 is 21.3 Å². The molecule has 0 unspecified atom stereocenters. The van der Waals surface area contributed by atoms with E-state index in [1.165, 1.54) is 25.7 Å². The number of carbonyl (C=O) groups excluding carboxylic acids is 3. The van der Waals surface area contributed by atoms with Gasteiger partial charge in [-0.1, -0.05) is 12.8 Å². The van der Waals surface area contributed by atoms with Gasteiger partial charge in [0.1, 0.15) is 0 Å². The maximum atomic E-state index is 12.2. The second-order valence-electron chi connectivity index (χ2n) is 6.66. The van der Waals surface area contributed by atoms with E-state index in [-0.39, 0.29) is 18.4 Å². The Hall–Kier alpha value is -2.57. The molecule has 0 spiro atoms. The predicted molar refractivity (Wildman–Crippen MR) is 101 cm³/mol. The average molecular weight is 360 g/mol. The first kappa shape index (κ1) is 19.8. The number of nitrogens with two attached hydrogens (primary N) is 1. The molecular weight excluding hydrogens is 332 g/mol. The van der Waals surface area contributed by atoms with Gasteiger partial charge in [0, 0.05) is 37.3 Å². The number of benzene rings is 1. The molecule has 0 heterocycles. The van der Waals surface area contributed by atoms with Gasteiger partial charge in [-0.2, -0.15) is 0 Å². The fraction of sp³-hybridized carbons (Fsp3) is 0.526. The highest BCUT2D eigenvalue weighted by atomic mass is 16.2. The van der Waals surface area contributed by atoms with E-state index < -0.39 is 5.91 Å². The Labute approximate surface area is 154 Å². The van der Waals surface area contributed by atoms with Crippen molar-refractivity contribution in [3.05, 3.63) is 29.8 Å². The third-order valence-corrected chi connectivity index (χ3v) is 4.75. The maximum absolute atomic E-state index is 12.2. The van der Waals surface area contributed by atoms with E-state index in [9.17, 15) is 14.4 Å². The Bertz CT molecular complexity index is 624. The van der Waals surface area contributed by atoms with Crippen LogP contribution in [0.25, 0.3) is 0 Å². The number of rotatable bonds is 8. The van der Waals surface area contributed by atoms with Crippen LogP contribution in [0, 0.1) is 5.92 Å². The highest BCUT2D eigenvalue weighted by Crippen LogP contribution is 2.23. The van der Waals surface area contributed by atoms with E-state index in [1.54, 1.807) is 29.2 Å². The van der Waals surface area contributed by atoms with Gasteiger partial charge in [0.2, 0.25) is 11.8 Å². The van der Waals surface area contributed by atoms with E-state index in [1.807, 2.05) is 6.92 Å². The van der Waals surface area contributed by atoms with E-state index >= 15 is 0 Å². The maximum Gasteiger partial charge on any atom is 0.317 e. The van der Waals surface area contributed by atoms with Crippen molar-refractivity contribution in [3.63, 3.8) is 0 Å². The molecule has 4 amide bonds. The average Bonchev–Trinajstić information content (AvgIpc) is 3.14. The molecule has 0 atom stereocenters. The number of nitrogens with one attached hydrogen (secondary N) is 2. The van der Waals surface area contributed by atoms with Crippen molar-refractivity contribution in [2.75, 3.05) is 25.0 Å². The zero-order valence-electron chi connectivity index (χ0n) is 15.3. The summed E-state index contributed by atoms with van der Waals surface area (Å²) in [5.41, 5.74) is 6.16. The summed E-state index contributed by atoms with van der Waals surface area (Å²) in [5.74, 6) is -0.103. The third-order valence-electron chi connectivity index (χ3n) is 4.75. The molecule has 26 heavy (non-hydrogen) atoms. The van der Waals surface area contributed by atoms with E-state index in [2.05, 4.69) is 10.6 Å². The van der Waals surface area contributed by atoms with Crippen LogP contribution < -0.4 is 16.4 Å². The molecule has 0 aromatic heterocycles. The number of amides is 4. The van der Waals surface area contributed by atoms with Crippen LogP contribution >= 0.6 is 0 Å². The Kier molecular flexibility index (Phi) is 7.44. The summed E-state index contributed by atoms with van der Waals surface area (Å²) in [6, 6.07) is 6.27. The van der Waals surface area contributed by atoms with Gasteiger partial charge in [-0.25, -0.2) is 4.79 Å². The molecule has 2 rings (SSSR count). The molecule has 7 nitrogen and oxygen atoms in total. The summed E-state index contributed by atoms with van der Waals surface area (Å²) in [6.07, 6.45) is 5.08. The van der Waals surface area contributed by atoms with Crippen molar-refractivity contribution in [1.29, 1.82) is 0 Å². The predicted octanol–water partition coefficient (Wildman–Crippen LogP) is 2.34. The molecule has 0 bridgehead atoms. The number of urea groups is 1. The molecule has 1 aliphatic rings. The molecule has 1 aromatic carbocycles. The van der Waals surface area contributed by atoms with Crippen LogP contribution in [-0.2, 0) is 4.79 Å². The second-order valence-corrected chi connectivity index (χ2v) is 6.66. The first-order valence-corrected chi connectivity index (χ1v) is 9.22. The van der Waals surface area contributed by atoms with Gasteiger partial charge in [-0.05, 0) is 49.9 Å². The number of anilines is 1. The lowest BCUT2D eigenvalue weighted by molar-refractivity contribution is -0.116. The van der Waals surface area contributed by atoms with E-state index in [0.717, 1.165) is 0 Å². The van der Waals surface area contributed by atoms with E-state index in [0.29, 0.717) is 36.8 Å². The molecule has 142 valence electrons. The van der Waals surface area contributed by atoms with Crippen molar-refractivity contribution in [3.8, 4) is 0 Å². The monoisotopic (exact) mass is 360 g/mol. The molecule has 0 aliphatic heterocycles. The van der Waals surface area contributed by atoms with Crippen LogP contribution in [-0.4, -0.2) is 42.4 Å². The van der Waals surface area contributed by atoms with Gasteiger partial charge in [0.15, 0.2) is 0 Å². The Balaban J connectivity index is 1.74. The fourth-order valence-corrected chi connectivity index (χ4v) is 3.14. The minimum atomic E-state index is -0.509. The second kappa shape index (κ2) is 9.79. The van der Waals surface area contributed by atoms with Gasteiger partial charge in [-0.15, -0.1) is 0 Å². The fourth-order valence-electron chi connectivity index (χ4n) is 3.14. The van der Waals surface area contributed by atoms with Crippen LogP contribution in [0.15, 0.2) is 24.3 Å². The first-order chi connectivity index (χ1) is 12.5.